The van der Waals surface area contributed by atoms with Crippen LogP contribution >= 0.6 is 15.9 Å². The zero-order chi connectivity index (χ0) is 17.1. The number of urea groups is 1. The van der Waals surface area contributed by atoms with Crippen LogP contribution in [0.4, 0.5) is 16.3 Å². The third-order valence-electron chi connectivity index (χ3n) is 4.17. The van der Waals surface area contributed by atoms with Crippen LogP contribution in [-0.2, 0) is 7.05 Å². The van der Waals surface area contributed by atoms with Gasteiger partial charge >= 0.3 is 6.03 Å². The molecule has 0 aliphatic heterocycles. The lowest BCUT2D eigenvalue weighted by molar-refractivity contribution is 0.262. The average Bonchev–Trinajstić information content (AvgIpc) is 2.84. The highest BCUT2D eigenvalue weighted by Crippen LogP contribution is 2.33. The minimum Gasteiger partial charge on any atom is -0.308 e. The average molecular weight is 389 g/mol. The summed E-state index contributed by atoms with van der Waals surface area (Å²) in [5.41, 5.74) is 4.03. The Morgan fingerprint density at radius 1 is 1.21 bits per heavy atom. The molecule has 6 heteroatoms. The van der Waals surface area contributed by atoms with Crippen LogP contribution in [0.5, 0.6) is 0 Å². The van der Waals surface area contributed by atoms with Crippen molar-refractivity contribution in [3.8, 4) is 0 Å². The minimum atomic E-state index is -0.266. The van der Waals surface area contributed by atoms with Crippen molar-refractivity contribution in [3.63, 3.8) is 0 Å². The number of rotatable bonds is 3. The molecular formula is C18H21BrN4O. The Bertz CT molecular complexity index is 777. The second-order valence-corrected chi connectivity index (χ2v) is 6.91. The Hall–Kier alpha value is -2.08. The van der Waals surface area contributed by atoms with Gasteiger partial charge in [0.15, 0.2) is 0 Å². The molecule has 0 fully saturated rings. The molecule has 0 spiro atoms. The first-order chi connectivity index (χ1) is 11.5. The van der Waals surface area contributed by atoms with Crippen LogP contribution in [0.1, 0.15) is 36.9 Å². The lowest BCUT2D eigenvalue weighted by Gasteiger charge is -2.15. The molecule has 2 amide bonds. The number of aryl methyl sites for hydroxylation is 2. The molecule has 0 bridgehead atoms. The van der Waals surface area contributed by atoms with Gasteiger partial charge in [0.2, 0.25) is 0 Å². The van der Waals surface area contributed by atoms with Crippen molar-refractivity contribution < 1.29 is 4.79 Å². The van der Waals surface area contributed by atoms with Crippen molar-refractivity contribution >= 4 is 39.0 Å². The van der Waals surface area contributed by atoms with Crippen LogP contribution in [0, 0.1) is 6.92 Å². The van der Waals surface area contributed by atoms with Crippen molar-refractivity contribution in [2.24, 2.45) is 7.05 Å². The maximum absolute atomic E-state index is 12.4. The van der Waals surface area contributed by atoms with Gasteiger partial charge in [-0.1, -0.05) is 22.0 Å². The van der Waals surface area contributed by atoms with E-state index in [9.17, 15) is 4.79 Å². The predicted octanol–water partition coefficient (Wildman–Crippen LogP) is 5.09. The minimum absolute atomic E-state index is 0.266. The van der Waals surface area contributed by atoms with Crippen LogP contribution in [0.25, 0.3) is 5.57 Å². The van der Waals surface area contributed by atoms with Gasteiger partial charge in [-0.2, -0.15) is 5.10 Å². The number of nitrogens with zero attached hydrogens (tertiary/aromatic N) is 2. The summed E-state index contributed by atoms with van der Waals surface area (Å²) in [6.45, 7) is 1.99. The Morgan fingerprint density at radius 3 is 2.62 bits per heavy atom. The van der Waals surface area contributed by atoms with Gasteiger partial charge in [0.25, 0.3) is 0 Å². The fourth-order valence-electron chi connectivity index (χ4n) is 3.05. The number of allylic oxidation sites excluding steroid dienone is 2. The van der Waals surface area contributed by atoms with E-state index in [2.05, 4.69) is 37.7 Å². The van der Waals surface area contributed by atoms with E-state index in [-0.39, 0.29) is 6.03 Å². The normalized spacial score (nSPS) is 14.2. The van der Waals surface area contributed by atoms with Crippen LogP contribution < -0.4 is 10.6 Å². The van der Waals surface area contributed by atoms with Crippen LogP contribution in [0.3, 0.4) is 0 Å². The molecule has 5 nitrogen and oxygen atoms in total. The largest absolute Gasteiger partial charge is 0.324 e. The third-order valence-corrected chi connectivity index (χ3v) is 4.70. The topological polar surface area (TPSA) is 59.0 Å². The lowest BCUT2D eigenvalue weighted by Crippen LogP contribution is -2.21. The SMILES string of the molecule is Cc1nn(C)c(NC(=O)Nc2ccc(Br)cc2)c1C1=CCCCC1. The van der Waals surface area contributed by atoms with E-state index in [1.807, 2.05) is 38.2 Å². The maximum Gasteiger partial charge on any atom is 0.324 e. The molecule has 0 radical (unpaired) electrons. The molecular weight excluding hydrogens is 368 g/mol. The summed E-state index contributed by atoms with van der Waals surface area (Å²) >= 11 is 3.39. The molecule has 24 heavy (non-hydrogen) atoms. The third kappa shape index (κ3) is 3.70. The molecule has 0 atom stereocenters. The summed E-state index contributed by atoms with van der Waals surface area (Å²) < 4.78 is 2.71. The number of halogens is 1. The number of carbonyl (C=O) groups is 1. The van der Waals surface area contributed by atoms with E-state index in [0.717, 1.165) is 40.1 Å². The highest BCUT2D eigenvalue weighted by molar-refractivity contribution is 9.10. The first kappa shape index (κ1) is 16.8. The molecule has 2 aromatic rings. The lowest BCUT2D eigenvalue weighted by atomic mass is 9.93. The van der Waals surface area contributed by atoms with Gasteiger partial charge in [-0.3, -0.25) is 10.00 Å². The molecule has 1 aliphatic rings. The number of benzene rings is 1. The Morgan fingerprint density at radius 2 is 1.96 bits per heavy atom. The fourth-order valence-corrected chi connectivity index (χ4v) is 3.32. The van der Waals surface area contributed by atoms with Crippen LogP contribution in [0.2, 0.25) is 0 Å². The molecule has 1 aliphatic carbocycles. The molecule has 1 aromatic heterocycles. The molecule has 0 saturated carbocycles. The highest BCUT2D eigenvalue weighted by atomic mass is 79.9. The molecule has 1 aromatic carbocycles. The van der Waals surface area contributed by atoms with Gasteiger partial charge < -0.3 is 5.32 Å². The van der Waals surface area contributed by atoms with Crippen molar-refractivity contribution in [1.82, 2.24) is 9.78 Å². The van der Waals surface area contributed by atoms with E-state index in [1.165, 1.54) is 18.4 Å². The Kier molecular flexibility index (Phi) is 5.04. The maximum atomic E-state index is 12.4. The predicted molar refractivity (Wildman–Crippen MR) is 101 cm³/mol. The number of carbonyl (C=O) groups excluding carboxylic acids is 1. The molecule has 0 saturated heterocycles. The van der Waals surface area contributed by atoms with Gasteiger partial charge in [0, 0.05) is 22.8 Å². The summed E-state index contributed by atoms with van der Waals surface area (Å²) in [5.74, 6) is 0.746. The summed E-state index contributed by atoms with van der Waals surface area (Å²) in [6, 6.07) is 7.22. The molecule has 2 N–H and O–H groups in total. The highest BCUT2D eigenvalue weighted by Gasteiger charge is 2.20. The standard InChI is InChI=1S/C18H21BrN4O/c1-12-16(13-6-4-3-5-7-13)17(23(2)22-12)21-18(24)20-15-10-8-14(19)9-11-15/h6,8-11H,3-5,7H2,1-2H3,(H2,20,21,24). The molecule has 126 valence electrons. The summed E-state index contributed by atoms with van der Waals surface area (Å²) in [6.07, 6.45) is 6.81. The monoisotopic (exact) mass is 388 g/mol. The zero-order valence-electron chi connectivity index (χ0n) is 13.9. The zero-order valence-corrected chi connectivity index (χ0v) is 15.5. The van der Waals surface area contributed by atoms with Crippen molar-refractivity contribution in [2.75, 3.05) is 10.6 Å². The van der Waals surface area contributed by atoms with Gasteiger partial charge in [-0.05, 0) is 62.4 Å². The van der Waals surface area contributed by atoms with E-state index in [0.29, 0.717) is 0 Å². The number of aromatic nitrogens is 2. The fraction of sp³-hybridized carbons (Fsp3) is 0.333. The number of hydrogen-bond donors (Lipinski definition) is 2. The van der Waals surface area contributed by atoms with Crippen LogP contribution in [-0.4, -0.2) is 15.8 Å². The Labute approximate surface area is 150 Å². The molecule has 1 heterocycles. The van der Waals surface area contributed by atoms with Gasteiger partial charge in [-0.25, -0.2) is 4.79 Å². The van der Waals surface area contributed by atoms with E-state index < -0.39 is 0 Å². The summed E-state index contributed by atoms with van der Waals surface area (Å²) in [4.78, 5) is 12.4. The van der Waals surface area contributed by atoms with Gasteiger partial charge in [0.05, 0.1) is 5.69 Å². The summed E-state index contributed by atoms with van der Waals surface area (Å²) in [7, 11) is 1.86. The number of amides is 2. The smallest absolute Gasteiger partial charge is 0.308 e. The molecule has 3 rings (SSSR count). The van der Waals surface area contributed by atoms with Crippen molar-refractivity contribution in [3.05, 3.63) is 46.1 Å². The second-order valence-electron chi connectivity index (χ2n) is 5.99. The van der Waals surface area contributed by atoms with Crippen molar-refractivity contribution in [1.29, 1.82) is 0 Å². The number of anilines is 2. The first-order valence-corrected chi connectivity index (χ1v) is 8.90. The van der Waals surface area contributed by atoms with E-state index in [1.54, 1.807) is 4.68 Å². The van der Waals surface area contributed by atoms with Crippen molar-refractivity contribution in [2.45, 2.75) is 32.6 Å². The molecule has 0 unspecified atom stereocenters. The number of nitrogens with one attached hydrogen (secondary N) is 2. The number of hydrogen-bond acceptors (Lipinski definition) is 2. The van der Waals surface area contributed by atoms with E-state index in [4.69, 9.17) is 0 Å². The quantitative estimate of drug-likeness (QED) is 0.768. The summed E-state index contributed by atoms with van der Waals surface area (Å²) in [5, 5.41) is 10.3. The second kappa shape index (κ2) is 7.21. The Balaban J connectivity index is 1.80. The van der Waals surface area contributed by atoms with Crippen LogP contribution in [0.15, 0.2) is 34.8 Å². The van der Waals surface area contributed by atoms with E-state index >= 15 is 0 Å². The van der Waals surface area contributed by atoms with Gasteiger partial charge in [0.1, 0.15) is 5.82 Å². The first-order valence-electron chi connectivity index (χ1n) is 8.11. The van der Waals surface area contributed by atoms with Gasteiger partial charge in [-0.15, -0.1) is 0 Å².